The lowest BCUT2D eigenvalue weighted by Crippen LogP contribution is -2.62. The van der Waals surface area contributed by atoms with Crippen LogP contribution in [0.1, 0.15) is 118 Å². The Labute approximate surface area is 464 Å². The smallest absolute Gasteiger partial charge is 0.326 e. The van der Waals surface area contributed by atoms with Crippen molar-refractivity contribution < 1.29 is 53.4 Å². The summed E-state index contributed by atoms with van der Waals surface area (Å²) < 4.78 is 0. The summed E-state index contributed by atoms with van der Waals surface area (Å²) in [7, 11) is 0. The van der Waals surface area contributed by atoms with Gasteiger partial charge in [0.1, 0.15) is 48.3 Å². The molecule has 2 aromatic rings. The molecule has 23 heteroatoms. The number of aliphatic imine (C=N–C) groups is 1. The number of carbonyl (C=O) groups excluding carboxylic acids is 8. The third-order valence-electron chi connectivity index (χ3n) is 13.7. The minimum atomic E-state index is -1.62. The monoisotopic (exact) mass is 1100 g/mol. The summed E-state index contributed by atoms with van der Waals surface area (Å²) in [5.74, 6) is -8.36. The Morgan fingerprint density at radius 1 is 0.620 bits per heavy atom. The van der Waals surface area contributed by atoms with Gasteiger partial charge in [-0.25, -0.2) is 4.79 Å². The van der Waals surface area contributed by atoms with E-state index < -0.39 is 126 Å². The lowest BCUT2D eigenvalue weighted by atomic mass is 9.96. The highest BCUT2D eigenvalue weighted by Crippen LogP contribution is 2.21. The lowest BCUT2D eigenvalue weighted by molar-refractivity contribution is -0.145. The topological polar surface area (TPSA) is 372 Å². The molecule has 0 bridgehead atoms. The van der Waals surface area contributed by atoms with E-state index in [9.17, 15) is 53.4 Å². The Bertz CT molecular complexity index is 2370. The summed E-state index contributed by atoms with van der Waals surface area (Å²) in [5.41, 5.74) is 18.9. The first-order chi connectivity index (χ1) is 37.2. The molecule has 2 aromatic carbocycles. The van der Waals surface area contributed by atoms with Crippen LogP contribution in [-0.2, 0) is 56.0 Å². The van der Waals surface area contributed by atoms with Crippen molar-refractivity contribution in [2.45, 2.75) is 181 Å². The molecule has 3 rings (SSSR count). The summed E-state index contributed by atoms with van der Waals surface area (Å²) in [6.45, 7) is 15.7. The number of amides is 8. The fourth-order valence-corrected chi connectivity index (χ4v) is 9.13. The van der Waals surface area contributed by atoms with Crippen molar-refractivity contribution in [1.29, 1.82) is 0 Å². The number of nitrogens with two attached hydrogens (primary N) is 3. The lowest BCUT2D eigenvalue weighted by Gasteiger charge is -2.32. The molecular formula is C56H88N12O11. The Morgan fingerprint density at radius 3 is 1.65 bits per heavy atom. The second-order valence-corrected chi connectivity index (χ2v) is 21.8. The average molecular weight is 1110 g/mol. The van der Waals surface area contributed by atoms with Crippen LogP contribution >= 0.6 is 0 Å². The quantitative estimate of drug-likeness (QED) is 0.0270. The number of benzene rings is 2. The molecular weight excluding hydrogens is 1020 g/mol. The maximum atomic E-state index is 14.5. The highest BCUT2D eigenvalue weighted by molar-refractivity contribution is 5.98. The SMILES string of the molecule is CC[C@H](C)[C@H](NC(=O)[C@@H](N)Cc1ccccc1)C(=O)N[C@@H](Cc1ccccc1)C(=O)N[C@H](C(=O)N1CCC[C@H]1C(=O)N[C@@H](CCCN=C(N)N)C(=O)N[C@@H](CC(C)C)C(=O)N[C@H](C(=O)N[C@@H](CC(C)C)C(=O)O)C(C)C)[C@@H](C)O. The van der Waals surface area contributed by atoms with E-state index in [1.807, 2.05) is 65.0 Å². The van der Waals surface area contributed by atoms with Gasteiger partial charge in [0.2, 0.25) is 47.3 Å². The second-order valence-electron chi connectivity index (χ2n) is 21.8. The Kier molecular flexibility index (Phi) is 27.4. The minimum absolute atomic E-state index is 0.0303. The van der Waals surface area contributed by atoms with Crippen LogP contribution in [0.3, 0.4) is 0 Å². The van der Waals surface area contributed by atoms with Crippen LogP contribution in [0, 0.1) is 23.7 Å². The normalized spacial score (nSPS) is 17.1. The van der Waals surface area contributed by atoms with Crippen molar-refractivity contribution in [3.05, 3.63) is 71.8 Å². The summed E-state index contributed by atoms with van der Waals surface area (Å²) >= 11 is 0. The Balaban J connectivity index is 1.88. The van der Waals surface area contributed by atoms with Gasteiger partial charge in [-0.3, -0.25) is 43.3 Å². The van der Waals surface area contributed by atoms with Crippen molar-refractivity contribution in [2.75, 3.05) is 13.1 Å². The van der Waals surface area contributed by atoms with Crippen molar-refractivity contribution >= 4 is 59.2 Å². The van der Waals surface area contributed by atoms with Gasteiger partial charge in [-0.2, -0.15) is 0 Å². The van der Waals surface area contributed by atoms with E-state index in [0.717, 1.165) is 5.56 Å². The van der Waals surface area contributed by atoms with Crippen molar-refractivity contribution in [1.82, 2.24) is 42.1 Å². The maximum absolute atomic E-state index is 14.5. The van der Waals surface area contributed by atoms with Crippen LogP contribution < -0.4 is 54.4 Å². The minimum Gasteiger partial charge on any atom is -0.480 e. The van der Waals surface area contributed by atoms with E-state index in [0.29, 0.717) is 18.4 Å². The molecule has 8 amide bonds. The van der Waals surface area contributed by atoms with Crippen LogP contribution in [0.5, 0.6) is 0 Å². The number of nitrogens with one attached hydrogen (secondary N) is 7. The number of hydrogen-bond donors (Lipinski definition) is 12. The number of carboxylic acid groups (broad SMARTS) is 1. The van der Waals surface area contributed by atoms with Gasteiger partial charge in [-0.1, -0.05) is 122 Å². The van der Waals surface area contributed by atoms with Gasteiger partial charge < -0.3 is 69.5 Å². The number of aliphatic carboxylic acids is 1. The van der Waals surface area contributed by atoms with E-state index in [4.69, 9.17) is 17.2 Å². The van der Waals surface area contributed by atoms with E-state index in [1.54, 1.807) is 51.1 Å². The van der Waals surface area contributed by atoms with Gasteiger partial charge in [0.25, 0.3) is 0 Å². The van der Waals surface area contributed by atoms with Crippen molar-refractivity contribution in [2.24, 2.45) is 45.9 Å². The van der Waals surface area contributed by atoms with Crippen LogP contribution in [0.4, 0.5) is 0 Å². The van der Waals surface area contributed by atoms with E-state index in [-0.39, 0.29) is 75.8 Å². The molecule has 438 valence electrons. The summed E-state index contributed by atoms with van der Waals surface area (Å²) in [6, 6.07) is 6.83. The van der Waals surface area contributed by atoms with E-state index >= 15 is 0 Å². The fraction of sp³-hybridized carbons (Fsp3) is 0.607. The molecule has 0 aliphatic carbocycles. The standard InChI is InChI=1S/C56H88N12O11/c1-10-34(8)45(66-47(70)38(57)29-36-19-13-11-14-20-36)53(76)63-41(30-37-21-15-12-16-22-37)50(73)67-46(35(9)69)54(77)68-26-18-24-43(68)51(74)61-39(23-17-25-60-56(58)59)48(71)62-40(27-31(2)3)49(72)65-44(33(6)7)52(75)64-42(55(78)79)28-32(4)5/h11-16,19-22,31-35,38-46,69H,10,17-18,23-30,57H2,1-9H3,(H,61,74)(H,62,71)(H,63,76)(H,64,75)(H,65,72)(H,66,70)(H,67,73)(H,78,79)(H4,58,59,60)/t34-,35+,38-,39-,40-,41-,42-,43-,44-,45-,46-/m0/s1. The van der Waals surface area contributed by atoms with Gasteiger partial charge in [0.05, 0.1) is 12.1 Å². The number of guanidine groups is 1. The molecule has 23 nitrogen and oxygen atoms in total. The molecule has 0 aromatic heterocycles. The first kappa shape index (κ1) is 66.1. The molecule has 0 unspecified atom stereocenters. The molecule has 15 N–H and O–H groups in total. The third-order valence-corrected chi connectivity index (χ3v) is 13.7. The molecule has 0 radical (unpaired) electrons. The molecule has 11 atom stereocenters. The number of nitrogens with zero attached hydrogens (tertiary/aromatic N) is 2. The maximum Gasteiger partial charge on any atom is 0.326 e. The number of aliphatic hydroxyl groups is 1. The molecule has 1 fully saturated rings. The van der Waals surface area contributed by atoms with Crippen LogP contribution in [0.15, 0.2) is 65.7 Å². The van der Waals surface area contributed by atoms with Crippen molar-refractivity contribution in [3.63, 3.8) is 0 Å². The number of rotatable bonds is 32. The summed E-state index contributed by atoms with van der Waals surface area (Å²) in [5, 5.41) is 39.8. The molecule has 0 spiro atoms. The van der Waals surface area contributed by atoms with E-state index in [2.05, 4.69) is 42.2 Å². The molecule has 1 aliphatic rings. The molecule has 1 saturated heterocycles. The highest BCUT2D eigenvalue weighted by atomic mass is 16.4. The van der Waals surface area contributed by atoms with Gasteiger partial charge in [-0.05, 0) is 86.7 Å². The molecule has 1 heterocycles. The Hall–Kier alpha value is -7.14. The number of carboxylic acids is 1. The van der Waals surface area contributed by atoms with Gasteiger partial charge >= 0.3 is 5.97 Å². The molecule has 1 aliphatic heterocycles. The largest absolute Gasteiger partial charge is 0.480 e. The molecule has 79 heavy (non-hydrogen) atoms. The Morgan fingerprint density at radius 2 is 1.11 bits per heavy atom. The van der Waals surface area contributed by atoms with Gasteiger partial charge in [0, 0.05) is 19.5 Å². The average Bonchev–Trinajstić information content (AvgIpc) is 3.89. The number of aliphatic hydroxyl groups excluding tert-OH is 1. The van der Waals surface area contributed by atoms with Crippen molar-refractivity contribution in [3.8, 4) is 0 Å². The van der Waals surface area contributed by atoms with Crippen LogP contribution in [-0.4, -0.2) is 148 Å². The first-order valence-electron chi connectivity index (χ1n) is 27.5. The first-order valence-corrected chi connectivity index (χ1v) is 27.5. The zero-order valence-corrected chi connectivity index (χ0v) is 47.3. The van der Waals surface area contributed by atoms with Crippen LogP contribution in [0.25, 0.3) is 0 Å². The predicted octanol–water partition coefficient (Wildman–Crippen LogP) is 0.497. The predicted molar refractivity (Wildman–Crippen MR) is 299 cm³/mol. The summed E-state index contributed by atoms with van der Waals surface area (Å²) in [6.07, 6.45) is 0.0232. The number of hydrogen-bond acceptors (Lipinski definition) is 12. The number of likely N-dealkylation sites (tertiary alicyclic amines) is 1. The highest BCUT2D eigenvalue weighted by Gasteiger charge is 2.42. The van der Waals surface area contributed by atoms with Crippen LogP contribution in [0.2, 0.25) is 0 Å². The zero-order valence-electron chi connectivity index (χ0n) is 47.3. The number of carbonyl (C=O) groups is 9. The van der Waals surface area contributed by atoms with Gasteiger partial charge in [-0.15, -0.1) is 0 Å². The molecule has 0 saturated carbocycles. The second kappa shape index (κ2) is 32.7. The zero-order chi connectivity index (χ0) is 59.1. The summed E-state index contributed by atoms with van der Waals surface area (Å²) in [4.78, 5) is 130. The fourth-order valence-electron chi connectivity index (χ4n) is 9.13. The van der Waals surface area contributed by atoms with E-state index in [1.165, 1.54) is 11.8 Å². The third kappa shape index (κ3) is 21.9. The van der Waals surface area contributed by atoms with Gasteiger partial charge in [0.15, 0.2) is 5.96 Å².